The van der Waals surface area contributed by atoms with E-state index in [1.165, 1.54) is 11.1 Å². The number of nitrogens with zero attached hydrogens (tertiary/aromatic N) is 1. The maximum absolute atomic E-state index is 11.7. The van der Waals surface area contributed by atoms with E-state index in [-0.39, 0.29) is 0 Å². The fourth-order valence-electron chi connectivity index (χ4n) is 2.74. The van der Waals surface area contributed by atoms with Gasteiger partial charge >= 0.3 is 0 Å². The summed E-state index contributed by atoms with van der Waals surface area (Å²) in [6.45, 7) is 1.33. The molecule has 20 heavy (non-hydrogen) atoms. The zero-order valence-electron chi connectivity index (χ0n) is 11.8. The Bertz CT molecular complexity index is 544. The van der Waals surface area contributed by atoms with Crippen molar-refractivity contribution in [3.05, 3.63) is 20.8 Å². The molecule has 2 heterocycles. The summed E-state index contributed by atoms with van der Waals surface area (Å²) in [4.78, 5) is 1.30. The van der Waals surface area contributed by atoms with Gasteiger partial charge in [0.2, 0.25) is 10.0 Å². The third-order valence-electron chi connectivity index (χ3n) is 3.80. The highest BCUT2D eigenvalue weighted by Gasteiger charge is 2.28. The molecule has 7 heteroatoms. The lowest BCUT2D eigenvalue weighted by Gasteiger charge is -2.32. The van der Waals surface area contributed by atoms with Crippen LogP contribution in [0, 0.1) is 5.92 Å². The second kappa shape index (κ2) is 6.87. The largest absolute Gasteiger partial charge is 0.312 e. The van der Waals surface area contributed by atoms with Crippen LogP contribution in [-0.4, -0.2) is 39.1 Å². The minimum absolute atomic E-state index is 0.302. The Morgan fingerprint density at radius 2 is 2.35 bits per heavy atom. The molecule has 2 atom stereocenters. The molecule has 0 amide bonds. The Hall–Kier alpha value is 0.0500. The van der Waals surface area contributed by atoms with E-state index in [0.717, 1.165) is 23.7 Å². The molecule has 0 spiro atoms. The SMILES string of the molecule is CNC(CC1CCCN(S(C)(=O)=O)C1)c1cc(Br)cs1. The molecule has 0 saturated carbocycles. The van der Waals surface area contributed by atoms with Crippen LogP contribution >= 0.6 is 27.3 Å². The molecular weight excluding hydrogens is 360 g/mol. The van der Waals surface area contributed by atoms with Crippen molar-refractivity contribution in [2.75, 3.05) is 26.4 Å². The summed E-state index contributed by atoms with van der Waals surface area (Å²) < 4.78 is 26.1. The highest BCUT2D eigenvalue weighted by Crippen LogP contribution is 2.32. The topological polar surface area (TPSA) is 49.4 Å². The summed E-state index contributed by atoms with van der Waals surface area (Å²) in [5, 5.41) is 5.44. The van der Waals surface area contributed by atoms with Crippen molar-refractivity contribution in [2.45, 2.75) is 25.3 Å². The molecule has 2 unspecified atom stereocenters. The summed E-state index contributed by atoms with van der Waals surface area (Å²) in [6.07, 6.45) is 4.36. The Balaban J connectivity index is 2.01. The average molecular weight is 381 g/mol. The predicted molar refractivity (Wildman–Crippen MR) is 87.6 cm³/mol. The maximum Gasteiger partial charge on any atom is 0.211 e. The van der Waals surface area contributed by atoms with E-state index in [2.05, 4.69) is 32.7 Å². The smallest absolute Gasteiger partial charge is 0.211 e. The van der Waals surface area contributed by atoms with Gasteiger partial charge in [0, 0.05) is 33.9 Å². The van der Waals surface area contributed by atoms with Gasteiger partial charge in [-0.25, -0.2) is 12.7 Å². The molecule has 2 rings (SSSR count). The Labute approximate surface area is 133 Å². The van der Waals surface area contributed by atoms with Gasteiger partial charge in [0.15, 0.2) is 0 Å². The molecule has 0 aliphatic carbocycles. The highest BCUT2D eigenvalue weighted by atomic mass is 79.9. The number of hydrogen-bond acceptors (Lipinski definition) is 4. The van der Waals surface area contributed by atoms with Crippen molar-refractivity contribution in [1.82, 2.24) is 9.62 Å². The number of thiophene rings is 1. The van der Waals surface area contributed by atoms with Gasteiger partial charge in [0.25, 0.3) is 0 Å². The molecular formula is C13H21BrN2O2S2. The van der Waals surface area contributed by atoms with Crippen molar-refractivity contribution < 1.29 is 8.42 Å². The third kappa shape index (κ3) is 4.27. The van der Waals surface area contributed by atoms with Crippen LogP contribution in [0.3, 0.4) is 0 Å². The lowest BCUT2D eigenvalue weighted by atomic mass is 9.92. The molecule has 1 aliphatic rings. The van der Waals surface area contributed by atoms with Crippen LogP contribution in [-0.2, 0) is 10.0 Å². The molecule has 114 valence electrons. The van der Waals surface area contributed by atoms with E-state index in [0.29, 0.717) is 25.0 Å². The zero-order chi connectivity index (χ0) is 14.8. The van der Waals surface area contributed by atoms with Crippen LogP contribution in [0.5, 0.6) is 0 Å². The minimum Gasteiger partial charge on any atom is -0.312 e. The Morgan fingerprint density at radius 1 is 1.60 bits per heavy atom. The van der Waals surface area contributed by atoms with Crippen molar-refractivity contribution in [1.29, 1.82) is 0 Å². The van der Waals surface area contributed by atoms with Crippen LogP contribution < -0.4 is 5.32 Å². The molecule has 4 nitrogen and oxygen atoms in total. The number of hydrogen-bond donors (Lipinski definition) is 1. The minimum atomic E-state index is -3.05. The number of piperidine rings is 1. The number of halogens is 1. The van der Waals surface area contributed by atoms with Crippen molar-refractivity contribution in [3.8, 4) is 0 Å². The number of sulfonamides is 1. The first-order chi connectivity index (χ1) is 9.40. The molecule has 0 aromatic carbocycles. The Morgan fingerprint density at radius 3 is 2.90 bits per heavy atom. The van der Waals surface area contributed by atoms with Crippen LogP contribution in [0.25, 0.3) is 0 Å². The molecule has 1 saturated heterocycles. The average Bonchev–Trinajstić information content (AvgIpc) is 2.82. The van der Waals surface area contributed by atoms with Gasteiger partial charge in [-0.2, -0.15) is 0 Å². The molecule has 1 aromatic rings. The molecule has 0 bridgehead atoms. The van der Waals surface area contributed by atoms with Gasteiger partial charge < -0.3 is 5.32 Å². The van der Waals surface area contributed by atoms with Crippen LogP contribution in [0.15, 0.2) is 15.9 Å². The van der Waals surface area contributed by atoms with E-state index in [1.807, 2.05) is 7.05 Å². The van der Waals surface area contributed by atoms with Crippen LogP contribution in [0.1, 0.15) is 30.2 Å². The third-order valence-corrected chi connectivity index (χ3v) is 6.88. The first-order valence-electron chi connectivity index (χ1n) is 6.76. The molecule has 1 aliphatic heterocycles. The van der Waals surface area contributed by atoms with Crippen molar-refractivity contribution >= 4 is 37.3 Å². The summed E-state index contributed by atoms with van der Waals surface area (Å²) in [5.41, 5.74) is 0. The first-order valence-corrected chi connectivity index (χ1v) is 10.3. The van der Waals surface area contributed by atoms with Crippen LogP contribution in [0.4, 0.5) is 0 Å². The van der Waals surface area contributed by atoms with Gasteiger partial charge in [-0.15, -0.1) is 11.3 Å². The van der Waals surface area contributed by atoms with Gasteiger partial charge in [-0.3, -0.25) is 0 Å². The second-order valence-electron chi connectivity index (χ2n) is 5.37. The standard InChI is InChI=1S/C13H21BrN2O2S2/c1-15-12(13-7-11(14)9-19-13)6-10-4-3-5-16(8-10)20(2,17)18/h7,9-10,12,15H,3-6,8H2,1-2H3. The molecule has 1 aromatic heterocycles. The van der Waals surface area contributed by atoms with E-state index in [9.17, 15) is 8.42 Å². The van der Waals surface area contributed by atoms with E-state index in [1.54, 1.807) is 15.6 Å². The summed E-state index contributed by atoms with van der Waals surface area (Å²) in [6, 6.07) is 2.44. The van der Waals surface area contributed by atoms with E-state index in [4.69, 9.17) is 0 Å². The van der Waals surface area contributed by atoms with Gasteiger partial charge in [0.05, 0.1) is 6.26 Å². The highest BCUT2D eigenvalue weighted by molar-refractivity contribution is 9.10. The Kier molecular flexibility index (Phi) is 5.64. The normalized spacial score (nSPS) is 22.9. The predicted octanol–water partition coefficient (Wildman–Crippen LogP) is 2.83. The van der Waals surface area contributed by atoms with Crippen LogP contribution in [0.2, 0.25) is 0 Å². The van der Waals surface area contributed by atoms with Crippen molar-refractivity contribution in [3.63, 3.8) is 0 Å². The van der Waals surface area contributed by atoms with Gasteiger partial charge in [0.1, 0.15) is 0 Å². The second-order valence-corrected chi connectivity index (χ2v) is 9.21. The fraction of sp³-hybridized carbons (Fsp3) is 0.692. The van der Waals surface area contributed by atoms with Crippen molar-refractivity contribution in [2.24, 2.45) is 5.92 Å². The summed E-state index contributed by atoms with van der Waals surface area (Å²) in [7, 11) is -1.09. The lowest BCUT2D eigenvalue weighted by molar-refractivity contribution is 0.241. The molecule has 1 fully saturated rings. The number of rotatable bonds is 5. The monoisotopic (exact) mass is 380 g/mol. The summed E-state index contributed by atoms with van der Waals surface area (Å²) >= 11 is 5.22. The number of nitrogens with one attached hydrogen (secondary N) is 1. The van der Waals surface area contributed by atoms with Gasteiger partial charge in [-0.05, 0) is 54.2 Å². The zero-order valence-corrected chi connectivity index (χ0v) is 15.0. The van der Waals surface area contributed by atoms with E-state index >= 15 is 0 Å². The molecule has 1 N–H and O–H groups in total. The fourth-order valence-corrected chi connectivity index (χ4v) is 5.25. The van der Waals surface area contributed by atoms with E-state index < -0.39 is 10.0 Å². The molecule has 0 radical (unpaired) electrons. The van der Waals surface area contributed by atoms with Gasteiger partial charge in [-0.1, -0.05) is 0 Å². The first kappa shape index (κ1) is 16.4. The quantitative estimate of drug-likeness (QED) is 0.853. The maximum atomic E-state index is 11.7. The lowest BCUT2D eigenvalue weighted by Crippen LogP contribution is -2.40. The summed E-state index contributed by atoms with van der Waals surface area (Å²) in [5.74, 6) is 0.428.